The van der Waals surface area contributed by atoms with Gasteiger partial charge in [-0.25, -0.2) is 0 Å². The Balaban J connectivity index is 2.30. The van der Waals surface area contributed by atoms with Gasteiger partial charge in [-0.2, -0.15) is 0 Å². The summed E-state index contributed by atoms with van der Waals surface area (Å²) in [5.41, 5.74) is 0. The average Bonchev–Trinajstić information content (AvgIpc) is 2.34. The van der Waals surface area contributed by atoms with Gasteiger partial charge in [0.15, 0.2) is 0 Å². The molecule has 0 amide bonds. The van der Waals surface area contributed by atoms with Crippen LogP contribution >= 0.6 is 0 Å². The molecule has 1 rings (SSSR count). The van der Waals surface area contributed by atoms with Crippen LogP contribution in [0.15, 0.2) is 6.20 Å². The van der Waals surface area contributed by atoms with Gasteiger partial charge in [0.2, 0.25) is 0 Å². The molecule has 3 heteroatoms. The summed E-state index contributed by atoms with van der Waals surface area (Å²) in [6.07, 6.45) is 6.76. The van der Waals surface area contributed by atoms with E-state index in [4.69, 9.17) is 0 Å². The van der Waals surface area contributed by atoms with E-state index in [1.165, 1.54) is 6.42 Å². The van der Waals surface area contributed by atoms with Gasteiger partial charge in [-0.3, -0.25) is 4.68 Å². The van der Waals surface area contributed by atoms with Crippen LogP contribution in [0.4, 0.5) is 0 Å². The van der Waals surface area contributed by atoms with Crippen molar-refractivity contribution in [1.82, 2.24) is 15.0 Å². The summed E-state index contributed by atoms with van der Waals surface area (Å²) in [4.78, 5) is 0. The molecule has 0 saturated carbocycles. The molecule has 0 aliphatic heterocycles. The van der Waals surface area contributed by atoms with Gasteiger partial charge in [0.1, 0.15) is 6.20 Å². The molecular weight excluding hydrogens is 114 g/mol. The van der Waals surface area contributed by atoms with Gasteiger partial charge in [0.25, 0.3) is 0 Å². The zero-order valence-electron chi connectivity index (χ0n) is 5.54. The fourth-order valence-electron chi connectivity index (χ4n) is 0.631. The Morgan fingerprint density at radius 2 is 2.56 bits per heavy atom. The largest absolute Gasteiger partial charge is 0.252 e. The van der Waals surface area contributed by atoms with Crippen molar-refractivity contribution in [2.45, 2.75) is 26.3 Å². The zero-order valence-corrected chi connectivity index (χ0v) is 5.54. The summed E-state index contributed by atoms with van der Waals surface area (Å²) < 4.78 is 1.80. The maximum atomic E-state index is 3.76. The third-order valence-electron chi connectivity index (χ3n) is 1.16. The molecule has 0 saturated heterocycles. The second kappa shape index (κ2) is 3.22. The third-order valence-corrected chi connectivity index (χ3v) is 1.16. The molecule has 0 unspecified atom stereocenters. The van der Waals surface area contributed by atoms with E-state index in [9.17, 15) is 0 Å². The Labute approximate surface area is 54.7 Å². The molecule has 1 aromatic rings. The van der Waals surface area contributed by atoms with Gasteiger partial charge in [-0.1, -0.05) is 18.6 Å². The molecule has 9 heavy (non-hydrogen) atoms. The van der Waals surface area contributed by atoms with Crippen molar-refractivity contribution in [3.05, 3.63) is 12.4 Å². The molecule has 3 nitrogen and oxygen atoms in total. The topological polar surface area (TPSA) is 30.7 Å². The highest BCUT2D eigenvalue weighted by Gasteiger charge is 1.87. The van der Waals surface area contributed by atoms with Crippen LogP contribution < -0.4 is 0 Å². The first-order valence-corrected chi connectivity index (χ1v) is 3.19. The summed E-state index contributed by atoms with van der Waals surface area (Å²) in [5, 5.41) is 7.33. The minimum Gasteiger partial charge on any atom is -0.252 e. The molecule has 0 bridgehead atoms. The monoisotopic (exact) mass is 124 g/mol. The Morgan fingerprint density at radius 1 is 1.67 bits per heavy atom. The van der Waals surface area contributed by atoms with E-state index < -0.39 is 0 Å². The highest BCUT2D eigenvalue weighted by atomic mass is 15.4. The van der Waals surface area contributed by atoms with E-state index in [-0.39, 0.29) is 0 Å². The predicted molar refractivity (Wildman–Crippen MR) is 33.8 cm³/mol. The Morgan fingerprint density at radius 3 is 3.11 bits per heavy atom. The van der Waals surface area contributed by atoms with Gasteiger partial charge >= 0.3 is 0 Å². The lowest BCUT2D eigenvalue weighted by Gasteiger charge is -1.94. The van der Waals surface area contributed by atoms with Crippen molar-refractivity contribution in [3.63, 3.8) is 0 Å². The van der Waals surface area contributed by atoms with Gasteiger partial charge in [0.05, 0.1) is 6.20 Å². The van der Waals surface area contributed by atoms with Crippen LogP contribution in [0.5, 0.6) is 0 Å². The lowest BCUT2D eigenvalue weighted by Crippen LogP contribution is -1.97. The van der Waals surface area contributed by atoms with Crippen molar-refractivity contribution in [2.75, 3.05) is 0 Å². The first-order chi connectivity index (χ1) is 4.43. The Bertz CT molecular complexity index is 145. The summed E-state index contributed by atoms with van der Waals surface area (Å²) >= 11 is 0. The van der Waals surface area contributed by atoms with Crippen LogP contribution in [-0.4, -0.2) is 15.0 Å². The van der Waals surface area contributed by atoms with E-state index in [1.54, 1.807) is 10.9 Å². The second-order valence-corrected chi connectivity index (χ2v) is 1.96. The molecule has 0 fully saturated rings. The van der Waals surface area contributed by atoms with Crippen LogP contribution in [0, 0.1) is 6.20 Å². The van der Waals surface area contributed by atoms with Crippen LogP contribution in [0.2, 0.25) is 0 Å². The molecule has 0 aliphatic carbocycles. The number of hydrogen-bond acceptors (Lipinski definition) is 2. The first-order valence-electron chi connectivity index (χ1n) is 3.19. The van der Waals surface area contributed by atoms with Crippen LogP contribution in [0.25, 0.3) is 0 Å². The van der Waals surface area contributed by atoms with Gasteiger partial charge in [-0.05, 0) is 6.42 Å². The van der Waals surface area contributed by atoms with Crippen molar-refractivity contribution >= 4 is 0 Å². The highest BCUT2D eigenvalue weighted by molar-refractivity contribution is 4.60. The minimum absolute atomic E-state index is 0.965. The van der Waals surface area contributed by atoms with E-state index in [1.807, 2.05) is 0 Å². The summed E-state index contributed by atoms with van der Waals surface area (Å²) in [7, 11) is 0. The standard InChI is InChI=1S/C6H10N3/c1-2-3-5-9-6-4-7-8-9/h6H,2-3,5H2,1H3. The van der Waals surface area contributed by atoms with Crippen molar-refractivity contribution in [2.24, 2.45) is 0 Å². The lowest BCUT2D eigenvalue weighted by molar-refractivity contribution is 0.553. The van der Waals surface area contributed by atoms with Crippen LogP contribution in [0.3, 0.4) is 0 Å². The summed E-state index contributed by atoms with van der Waals surface area (Å²) in [6.45, 7) is 3.12. The Kier molecular flexibility index (Phi) is 2.24. The molecule has 0 aromatic carbocycles. The molecule has 1 radical (unpaired) electrons. The first kappa shape index (κ1) is 6.26. The van der Waals surface area contributed by atoms with Gasteiger partial charge in [-0.15, -0.1) is 5.10 Å². The molecule has 0 spiro atoms. The third kappa shape index (κ3) is 1.83. The zero-order chi connectivity index (χ0) is 6.53. The molecule has 1 heterocycles. The van der Waals surface area contributed by atoms with Gasteiger partial charge in [0, 0.05) is 6.54 Å². The fraction of sp³-hybridized carbons (Fsp3) is 0.667. The predicted octanol–water partition coefficient (Wildman–Crippen LogP) is 0.878. The number of hydrogen-bond donors (Lipinski definition) is 0. The SMILES string of the molecule is CCCCn1c[c]nn1. The number of aryl methyl sites for hydroxylation is 1. The number of nitrogens with zero attached hydrogens (tertiary/aromatic N) is 3. The number of unbranched alkanes of at least 4 members (excludes halogenated alkanes) is 1. The summed E-state index contributed by atoms with van der Waals surface area (Å²) in [5.74, 6) is 0. The van der Waals surface area contributed by atoms with Crippen LogP contribution in [0.1, 0.15) is 19.8 Å². The maximum absolute atomic E-state index is 3.76. The minimum atomic E-state index is 0.965. The molecule has 0 atom stereocenters. The van der Waals surface area contributed by atoms with E-state index in [2.05, 4.69) is 23.4 Å². The van der Waals surface area contributed by atoms with Crippen molar-refractivity contribution in [3.8, 4) is 0 Å². The molecule has 0 N–H and O–H groups in total. The fourth-order valence-corrected chi connectivity index (χ4v) is 0.631. The number of rotatable bonds is 3. The Hall–Kier alpha value is -0.860. The van der Waals surface area contributed by atoms with E-state index >= 15 is 0 Å². The second-order valence-electron chi connectivity index (χ2n) is 1.96. The lowest BCUT2D eigenvalue weighted by atomic mass is 10.3. The molecule has 1 aromatic heterocycles. The highest BCUT2D eigenvalue weighted by Crippen LogP contribution is 1.89. The average molecular weight is 124 g/mol. The van der Waals surface area contributed by atoms with E-state index in [0.717, 1.165) is 13.0 Å². The normalized spacial score (nSPS) is 9.89. The van der Waals surface area contributed by atoms with Crippen molar-refractivity contribution in [1.29, 1.82) is 0 Å². The van der Waals surface area contributed by atoms with Gasteiger partial charge < -0.3 is 0 Å². The van der Waals surface area contributed by atoms with Crippen molar-refractivity contribution < 1.29 is 0 Å². The van der Waals surface area contributed by atoms with E-state index in [0.29, 0.717) is 0 Å². The molecule has 49 valence electrons. The number of aromatic nitrogens is 3. The summed E-state index contributed by atoms with van der Waals surface area (Å²) in [6, 6.07) is 0. The van der Waals surface area contributed by atoms with Crippen LogP contribution in [-0.2, 0) is 6.54 Å². The quantitative estimate of drug-likeness (QED) is 0.598. The smallest absolute Gasteiger partial charge is 0.134 e. The maximum Gasteiger partial charge on any atom is 0.134 e. The molecular formula is C6H10N3. The molecule has 0 aliphatic rings.